The molecule has 1 amide bonds. The molecule has 2 aliphatic rings. The van der Waals surface area contributed by atoms with E-state index in [9.17, 15) is 41.0 Å². The number of nitrogens with zero attached hydrogens (tertiary/aromatic N) is 4. The van der Waals surface area contributed by atoms with Gasteiger partial charge in [-0.15, -0.1) is 0 Å². The summed E-state index contributed by atoms with van der Waals surface area (Å²) in [5, 5.41) is 9.43. The summed E-state index contributed by atoms with van der Waals surface area (Å²) in [7, 11) is 1.42. The van der Waals surface area contributed by atoms with Crippen LogP contribution in [0.2, 0.25) is 0 Å². The van der Waals surface area contributed by atoms with Crippen LogP contribution >= 0.6 is 0 Å². The van der Waals surface area contributed by atoms with Crippen molar-refractivity contribution in [3.8, 4) is 28.1 Å². The number of amides is 1. The van der Waals surface area contributed by atoms with Crippen molar-refractivity contribution in [1.82, 2.24) is 14.9 Å². The molecule has 0 saturated carbocycles. The van der Waals surface area contributed by atoms with Crippen LogP contribution in [0.4, 0.5) is 37.0 Å². The van der Waals surface area contributed by atoms with E-state index in [0.29, 0.717) is 77.8 Å². The molecule has 16 heteroatoms. The summed E-state index contributed by atoms with van der Waals surface area (Å²) < 4.78 is 98.6. The predicted molar refractivity (Wildman–Crippen MR) is 175 cm³/mol. The molecule has 52 heavy (non-hydrogen) atoms. The zero-order valence-electron chi connectivity index (χ0n) is 28.0. The van der Waals surface area contributed by atoms with Crippen LogP contribution in [-0.4, -0.2) is 71.5 Å². The molecule has 0 radical (unpaired) electrons. The van der Waals surface area contributed by atoms with Gasteiger partial charge in [0.1, 0.15) is 11.9 Å². The van der Waals surface area contributed by atoms with Crippen molar-refractivity contribution in [3.05, 3.63) is 94.3 Å². The van der Waals surface area contributed by atoms with Crippen LogP contribution < -0.4 is 9.64 Å². The number of hydrogen-bond acceptors (Lipinski definition) is 8. The quantitative estimate of drug-likeness (QED) is 0.182. The molecule has 0 spiro atoms. The highest BCUT2D eigenvalue weighted by Gasteiger charge is 2.43. The summed E-state index contributed by atoms with van der Waals surface area (Å²) >= 11 is 0. The first-order valence-electron chi connectivity index (χ1n) is 16.0. The Bertz CT molecular complexity index is 1980. The number of ether oxygens (including phenoxy) is 3. The fourth-order valence-electron chi connectivity index (χ4n) is 6.36. The average Bonchev–Trinajstić information content (AvgIpc) is 3.39. The van der Waals surface area contributed by atoms with Crippen LogP contribution in [0.15, 0.2) is 60.8 Å². The second kappa shape index (κ2) is 14.0. The number of anilines is 1. The molecule has 4 heterocycles. The molecule has 0 bridgehead atoms. The van der Waals surface area contributed by atoms with Crippen molar-refractivity contribution in [1.29, 1.82) is 0 Å². The van der Waals surface area contributed by atoms with Gasteiger partial charge < -0.3 is 24.2 Å². The van der Waals surface area contributed by atoms with Crippen molar-refractivity contribution in [2.45, 2.75) is 44.9 Å². The first kappa shape index (κ1) is 36.4. The van der Waals surface area contributed by atoms with Gasteiger partial charge in [-0.3, -0.25) is 4.90 Å². The van der Waals surface area contributed by atoms with Crippen molar-refractivity contribution in [3.63, 3.8) is 0 Å². The molecule has 274 valence electrons. The number of rotatable bonds is 8. The molecule has 2 aromatic carbocycles. The van der Waals surface area contributed by atoms with E-state index in [2.05, 4.69) is 4.98 Å². The summed E-state index contributed by atoms with van der Waals surface area (Å²) in [5.41, 5.74) is -0.145. The predicted octanol–water partition coefficient (Wildman–Crippen LogP) is 7.78. The summed E-state index contributed by atoms with van der Waals surface area (Å²) in [5.74, 6) is -0.330. The van der Waals surface area contributed by atoms with Gasteiger partial charge in [0.25, 0.3) is 0 Å². The molecule has 4 aromatic rings. The van der Waals surface area contributed by atoms with Crippen LogP contribution in [0, 0.1) is 6.92 Å². The number of carbonyl (C=O) groups excluding carboxylic acids is 1. The Morgan fingerprint density at radius 3 is 2.19 bits per heavy atom. The number of carbonyl (C=O) groups is 2. The molecule has 1 N–H and O–H groups in total. The van der Waals surface area contributed by atoms with Crippen LogP contribution in [0.5, 0.6) is 5.88 Å². The Kier molecular flexibility index (Phi) is 9.79. The number of aromatic carboxylic acids is 1. The highest BCUT2D eigenvalue weighted by atomic mass is 19.4. The first-order chi connectivity index (χ1) is 24.5. The molecule has 2 aliphatic heterocycles. The summed E-state index contributed by atoms with van der Waals surface area (Å²) in [4.78, 5) is 37.5. The Hall–Kier alpha value is -5.38. The summed E-state index contributed by atoms with van der Waals surface area (Å²) in [6, 6.07) is 10.1. The SMILES string of the molecule is COc1ncc(-c2ccc(C(=O)O)cc2C)cc1-c1ccc(N2CCOCC2)nc1CN1C(=O)OC(c2cc(C(F)(F)F)cc(C(F)(F)F)c2)C1C. The zero-order valence-corrected chi connectivity index (χ0v) is 28.0. The van der Waals surface area contributed by atoms with E-state index in [1.165, 1.54) is 31.1 Å². The van der Waals surface area contributed by atoms with Crippen molar-refractivity contribution in [2.75, 3.05) is 38.3 Å². The fraction of sp³-hybridized carbons (Fsp3) is 0.333. The third-order valence-corrected chi connectivity index (χ3v) is 9.06. The number of methoxy groups -OCH3 is 1. The van der Waals surface area contributed by atoms with E-state index in [1.54, 1.807) is 37.4 Å². The van der Waals surface area contributed by atoms with E-state index < -0.39 is 53.3 Å². The average molecular weight is 731 g/mol. The number of cyclic esters (lactones) is 1. The van der Waals surface area contributed by atoms with Crippen LogP contribution in [-0.2, 0) is 28.4 Å². The molecular weight excluding hydrogens is 698 g/mol. The topological polar surface area (TPSA) is 114 Å². The lowest BCUT2D eigenvalue weighted by atomic mass is 9.95. The minimum Gasteiger partial charge on any atom is -0.481 e. The molecule has 2 atom stereocenters. The Balaban J connectivity index is 1.42. The van der Waals surface area contributed by atoms with Gasteiger partial charge in [0.15, 0.2) is 0 Å². The lowest BCUT2D eigenvalue weighted by molar-refractivity contribution is -0.143. The maximum atomic E-state index is 13.7. The summed E-state index contributed by atoms with van der Waals surface area (Å²) in [6.07, 6.45) is -11.0. The number of morpholine rings is 1. The van der Waals surface area contributed by atoms with Gasteiger partial charge in [-0.1, -0.05) is 6.07 Å². The van der Waals surface area contributed by atoms with Gasteiger partial charge in [0.2, 0.25) is 5.88 Å². The number of aromatic nitrogens is 2. The van der Waals surface area contributed by atoms with Gasteiger partial charge >= 0.3 is 24.4 Å². The number of aryl methyl sites for hydroxylation is 1. The van der Waals surface area contributed by atoms with Gasteiger partial charge in [0, 0.05) is 36.0 Å². The largest absolute Gasteiger partial charge is 0.481 e. The lowest BCUT2D eigenvalue weighted by Gasteiger charge is -2.29. The molecule has 2 aromatic heterocycles. The molecule has 10 nitrogen and oxygen atoms in total. The molecule has 6 rings (SSSR count). The third-order valence-electron chi connectivity index (χ3n) is 9.06. The molecule has 2 fully saturated rings. The summed E-state index contributed by atoms with van der Waals surface area (Å²) in [6.45, 7) is 4.95. The van der Waals surface area contributed by atoms with E-state index >= 15 is 0 Å². The van der Waals surface area contributed by atoms with E-state index in [0.717, 1.165) is 0 Å². The van der Waals surface area contributed by atoms with Gasteiger partial charge in [0.05, 0.1) is 55.3 Å². The maximum Gasteiger partial charge on any atom is 0.416 e. The smallest absolute Gasteiger partial charge is 0.416 e. The number of halogens is 6. The normalized spacial score (nSPS) is 18.1. The Morgan fingerprint density at radius 2 is 1.60 bits per heavy atom. The van der Waals surface area contributed by atoms with Gasteiger partial charge in [-0.05, 0) is 79.1 Å². The highest BCUT2D eigenvalue weighted by molar-refractivity contribution is 5.89. The zero-order chi connectivity index (χ0) is 37.5. The maximum absolute atomic E-state index is 13.7. The second-order valence-corrected chi connectivity index (χ2v) is 12.4. The van der Waals surface area contributed by atoms with Crippen molar-refractivity contribution < 1.29 is 55.2 Å². The number of carboxylic acids is 1. The number of carboxylic acid groups (broad SMARTS) is 1. The fourth-order valence-corrected chi connectivity index (χ4v) is 6.36. The number of hydrogen-bond donors (Lipinski definition) is 1. The molecule has 0 aliphatic carbocycles. The number of pyridine rings is 2. The minimum atomic E-state index is -5.08. The van der Waals surface area contributed by atoms with Gasteiger partial charge in [-0.2, -0.15) is 26.3 Å². The standard InChI is InChI=1S/C36H32F6N4O6/c1-19-12-21(33(47)48)4-5-26(19)23-15-28(32(50-3)43-17-23)27-6-7-30(45-8-10-51-11-9-45)44-29(27)18-46-20(2)31(52-34(46)49)22-13-24(35(37,38)39)16-25(14-22)36(40,41)42/h4-7,12-17,20,31H,8-11,18H2,1-3H3,(H,47,48). The lowest BCUT2D eigenvalue weighted by Crippen LogP contribution is -2.37. The molecule has 2 saturated heterocycles. The van der Waals surface area contributed by atoms with E-state index in [1.807, 2.05) is 4.90 Å². The highest BCUT2D eigenvalue weighted by Crippen LogP contribution is 2.42. The van der Waals surface area contributed by atoms with E-state index in [4.69, 9.17) is 19.2 Å². The second-order valence-electron chi connectivity index (χ2n) is 12.4. The van der Waals surface area contributed by atoms with Crippen molar-refractivity contribution >= 4 is 17.9 Å². The number of benzene rings is 2. The Labute approximate surface area is 293 Å². The van der Waals surface area contributed by atoms with Gasteiger partial charge in [-0.25, -0.2) is 19.6 Å². The van der Waals surface area contributed by atoms with Crippen molar-refractivity contribution in [2.24, 2.45) is 0 Å². The number of alkyl halides is 6. The van der Waals surface area contributed by atoms with Crippen LogP contribution in [0.25, 0.3) is 22.3 Å². The third kappa shape index (κ3) is 7.33. The molecular formula is C36H32F6N4O6. The first-order valence-corrected chi connectivity index (χ1v) is 16.0. The van der Waals surface area contributed by atoms with E-state index in [-0.39, 0.29) is 24.1 Å². The minimum absolute atomic E-state index is 0.0214. The van der Waals surface area contributed by atoms with Crippen LogP contribution in [0.3, 0.4) is 0 Å². The monoisotopic (exact) mass is 730 g/mol. The Morgan fingerprint density at radius 1 is 0.942 bits per heavy atom. The van der Waals surface area contributed by atoms with Crippen LogP contribution in [0.1, 0.15) is 51.3 Å². The molecule has 2 unspecified atom stereocenters.